The van der Waals surface area contributed by atoms with E-state index in [2.05, 4.69) is 4.74 Å². The first-order valence-corrected chi connectivity index (χ1v) is 10.2. The maximum absolute atomic E-state index is 13.8. The molecule has 0 aliphatic rings. The first-order valence-electron chi connectivity index (χ1n) is 10.2. The van der Waals surface area contributed by atoms with Crippen LogP contribution in [0.15, 0.2) is 0 Å². The lowest BCUT2D eigenvalue weighted by molar-refractivity contribution is -0.476. The van der Waals surface area contributed by atoms with E-state index in [9.17, 15) is 105 Å². The zero-order valence-electron chi connectivity index (χ0n) is 19.9. The first-order chi connectivity index (χ1) is 18.9. The summed E-state index contributed by atoms with van der Waals surface area (Å²) in [6, 6.07) is 0. The lowest BCUT2D eigenvalue weighted by Crippen LogP contribution is -2.78. The Bertz CT molecular complexity index is 975. The van der Waals surface area contributed by atoms with Crippen LogP contribution < -0.4 is 0 Å². The Balaban J connectivity index is 6.94. The van der Waals surface area contributed by atoms with Crippen LogP contribution in [0.3, 0.4) is 0 Å². The highest BCUT2D eigenvalue weighted by molar-refractivity contribution is 5.19. The van der Waals surface area contributed by atoms with Gasteiger partial charge in [0, 0.05) is 6.42 Å². The number of aliphatic hydroxyl groups is 2. The molecule has 0 fully saturated rings. The largest absolute Gasteiger partial charge is 0.394 e. The van der Waals surface area contributed by atoms with E-state index in [4.69, 9.17) is 10.2 Å². The van der Waals surface area contributed by atoms with E-state index in [1.807, 2.05) is 0 Å². The molecule has 44 heavy (non-hydrogen) atoms. The molecule has 0 radical (unpaired) electrons. The van der Waals surface area contributed by atoms with Gasteiger partial charge in [-0.05, 0) is 0 Å². The molecule has 0 rings (SSSR count). The Kier molecular flexibility index (Phi) is 11.3. The minimum absolute atomic E-state index is 1.25. The normalized spacial score (nSPS) is 17.0. The van der Waals surface area contributed by atoms with Crippen molar-refractivity contribution in [1.82, 2.24) is 0 Å². The van der Waals surface area contributed by atoms with Gasteiger partial charge in [0.25, 0.3) is 0 Å². The van der Waals surface area contributed by atoms with Gasteiger partial charge in [0.05, 0.1) is 19.8 Å². The molecule has 0 aromatic rings. The maximum atomic E-state index is 13.8. The van der Waals surface area contributed by atoms with Gasteiger partial charge in [-0.2, -0.15) is 96.6 Å². The Morgan fingerprint density at radius 1 is 0.455 bits per heavy atom. The van der Waals surface area contributed by atoms with Crippen molar-refractivity contribution in [3.05, 3.63) is 0 Å². The molecule has 0 spiro atoms. The fourth-order valence-electron chi connectivity index (χ4n) is 2.59. The van der Waals surface area contributed by atoms with Crippen LogP contribution in [0.4, 0.5) is 105 Å². The molecule has 0 saturated carbocycles. The molecule has 27 heteroatoms. The first kappa shape index (κ1) is 42.2. The van der Waals surface area contributed by atoms with Crippen LogP contribution >= 0.6 is 0 Å². The number of ether oxygens (including phenoxy) is 1. The highest BCUT2D eigenvalue weighted by Crippen LogP contribution is 2.67. The summed E-state index contributed by atoms with van der Waals surface area (Å²) in [4.78, 5) is 0. The van der Waals surface area contributed by atoms with Crippen LogP contribution in [0.2, 0.25) is 0 Å². The Morgan fingerprint density at radius 2 is 0.727 bits per heavy atom. The van der Waals surface area contributed by atoms with Gasteiger partial charge in [-0.25, -0.2) is 8.78 Å². The highest BCUT2D eigenvalue weighted by Gasteiger charge is 2.98. The predicted molar refractivity (Wildman–Crippen MR) is 88.9 cm³/mol. The molecule has 1 atom stereocenters. The van der Waals surface area contributed by atoms with Crippen LogP contribution in [0.25, 0.3) is 0 Å². The third-order valence-electron chi connectivity index (χ3n) is 5.39. The number of halogens is 24. The van der Waals surface area contributed by atoms with Crippen LogP contribution in [-0.4, -0.2) is 108 Å². The van der Waals surface area contributed by atoms with E-state index in [1.165, 1.54) is 0 Å². The summed E-state index contributed by atoms with van der Waals surface area (Å²) in [5.41, 5.74) is 0. The fourth-order valence-corrected chi connectivity index (χ4v) is 2.59. The molecule has 0 aromatic heterocycles. The molecule has 0 aliphatic heterocycles. The molecule has 0 bridgehead atoms. The fraction of sp³-hybridized carbons (Fsp3) is 1.00. The number of alkyl halides is 24. The van der Waals surface area contributed by atoms with Gasteiger partial charge in [0.15, 0.2) is 0 Å². The predicted octanol–water partition coefficient (Wildman–Crippen LogP) is 7.00. The molecule has 3 nitrogen and oxygen atoms in total. The van der Waals surface area contributed by atoms with Crippen molar-refractivity contribution in [3.8, 4) is 0 Å². The molecule has 0 saturated heterocycles. The summed E-state index contributed by atoms with van der Waals surface area (Å²) in [6.07, 6.45) is -11.3. The quantitative estimate of drug-likeness (QED) is 0.126. The molecule has 2 N–H and O–H groups in total. The zero-order valence-corrected chi connectivity index (χ0v) is 19.9. The lowest BCUT2D eigenvalue weighted by atomic mass is 9.84. The van der Waals surface area contributed by atoms with Crippen molar-refractivity contribution in [2.24, 2.45) is 0 Å². The third-order valence-corrected chi connectivity index (χ3v) is 5.39. The van der Waals surface area contributed by atoms with E-state index in [1.54, 1.807) is 0 Å². The average molecular weight is 720 g/mol. The molecule has 0 amide bonds. The summed E-state index contributed by atoms with van der Waals surface area (Å²) in [6.45, 7) is -4.63. The van der Waals surface area contributed by atoms with Crippen molar-refractivity contribution in [2.75, 3.05) is 19.8 Å². The van der Waals surface area contributed by atoms with Gasteiger partial charge < -0.3 is 14.9 Å². The lowest BCUT2D eigenvalue weighted by Gasteiger charge is -2.45. The number of rotatable bonds is 17. The van der Waals surface area contributed by atoms with Gasteiger partial charge >= 0.3 is 71.6 Å². The average Bonchev–Trinajstić information content (AvgIpc) is 2.84. The van der Waals surface area contributed by atoms with E-state index in [-0.39, 0.29) is 0 Å². The van der Waals surface area contributed by atoms with Crippen molar-refractivity contribution >= 4 is 0 Å². The van der Waals surface area contributed by atoms with Crippen LogP contribution in [0, 0.1) is 0 Å². The van der Waals surface area contributed by atoms with Crippen molar-refractivity contribution in [3.63, 3.8) is 0 Å². The summed E-state index contributed by atoms with van der Waals surface area (Å²) in [7, 11) is 0. The number of hydrogen-bond donors (Lipinski definition) is 2. The highest BCUT2D eigenvalue weighted by atomic mass is 19.4. The second-order valence-corrected chi connectivity index (χ2v) is 8.46. The Morgan fingerprint density at radius 3 is 1.00 bits per heavy atom. The third kappa shape index (κ3) is 5.69. The minimum atomic E-state index is -9.51. The monoisotopic (exact) mass is 720 g/mol. The van der Waals surface area contributed by atoms with E-state index < -0.39 is 104 Å². The molecule has 0 aliphatic carbocycles. The number of aliphatic hydroxyl groups excluding tert-OH is 2. The van der Waals surface area contributed by atoms with Gasteiger partial charge in [-0.3, -0.25) is 0 Å². The van der Waals surface area contributed by atoms with E-state index >= 15 is 0 Å². The SMILES string of the molecule is OCC(O)COCCC(F)(F)C(F)(F)C(F)(F)C(F)(F)C(F)(F)C(F)(F)C(F)(F)C(F)(F)C(F)(F)C(F)(F)C(F)(F)C(F)F. The van der Waals surface area contributed by atoms with Crippen molar-refractivity contribution in [2.45, 2.75) is 84.1 Å². The zero-order chi connectivity index (χ0) is 36.2. The van der Waals surface area contributed by atoms with Crippen LogP contribution in [0.5, 0.6) is 0 Å². The maximum Gasteiger partial charge on any atom is 0.385 e. The number of hydrogen-bond acceptors (Lipinski definition) is 3. The van der Waals surface area contributed by atoms with Gasteiger partial charge in [0.2, 0.25) is 0 Å². The summed E-state index contributed by atoms with van der Waals surface area (Å²) in [5.74, 6) is -96.6. The van der Waals surface area contributed by atoms with Crippen molar-refractivity contribution < 1.29 is 120 Å². The second kappa shape index (κ2) is 11.8. The molecule has 0 aromatic carbocycles. The van der Waals surface area contributed by atoms with Gasteiger partial charge in [-0.15, -0.1) is 0 Å². The van der Waals surface area contributed by atoms with Crippen molar-refractivity contribution in [1.29, 1.82) is 0 Å². The molecular weight excluding hydrogens is 708 g/mol. The topological polar surface area (TPSA) is 49.7 Å². The minimum Gasteiger partial charge on any atom is -0.394 e. The standard InChI is InChI=1S/C17H12F24O3/c18-6(19)8(22,23)10(26,27)12(30,31)14(34,35)16(38,39)17(40,41)15(36,37)13(32,33)11(28,29)9(24,25)7(20,21)1-2-44-4-5(43)3-42/h5-6,42-43H,1-4H2. The molecule has 266 valence electrons. The van der Waals surface area contributed by atoms with Crippen LogP contribution in [0.1, 0.15) is 6.42 Å². The summed E-state index contributed by atoms with van der Waals surface area (Å²) in [5, 5.41) is 17.1. The van der Waals surface area contributed by atoms with E-state index in [0.717, 1.165) is 0 Å². The summed E-state index contributed by atoms with van der Waals surface area (Å²) >= 11 is 0. The van der Waals surface area contributed by atoms with Crippen LogP contribution in [-0.2, 0) is 4.74 Å². The Hall–Kier alpha value is -1.80. The van der Waals surface area contributed by atoms with Gasteiger partial charge in [0.1, 0.15) is 6.10 Å². The Labute approximate surface area is 225 Å². The summed E-state index contributed by atoms with van der Waals surface area (Å²) < 4.78 is 325. The molecular formula is C17H12F24O3. The second-order valence-electron chi connectivity index (χ2n) is 8.46. The van der Waals surface area contributed by atoms with Gasteiger partial charge in [-0.1, -0.05) is 0 Å². The molecule has 0 heterocycles. The van der Waals surface area contributed by atoms with E-state index in [0.29, 0.717) is 0 Å². The molecule has 1 unspecified atom stereocenters. The smallest absolute Gasteiger partial charge is 0.385 e.